The van der Waals surface area contributed by atoms with Crippen LogP contribution in [0, 0.1) is 13.8 Å². The van der Waals surface area contributed by atoms with Gasteiger partial charge in [-0.05, 0) is 55.9 Å². The molecule has 1 amide bonds. The summed E-state index contributed by atoms with van der Waals surface area (Å²) in [5.74, 6) is -0.0125. The lowest BCUT2D eigenvalue weighted by Crippen LogP contribution is -2.44. The smallest absolute Gasteiger partial charge is 0.339 e. The number of hydrogen-bond acceptors (Lipinski definition) is 5. The molecule has 0 unspecified atom stereocenters. The first kappa shape index (κ1) is 22.4. The first-order chi connectivity index (χ1) is 16.5. The number of hydrogen-bond donors (Lipinski definition) is 1. The number of nitrogens with zero attached hydrogens (tertiary/aromatic N) is 1. The van der Waals surface area contributed by atoms with Gasteiger partial charge in [-0.3, -0.25) is 9.69 Å². The minimum Gasteiger partial charge on any atom is -0.464 e. The van der Waals surface area contributed by atoms with Crippen molar-refractivity contribution in [3.05, 3.63) is 81.4 Å². The minimum atomic E-state index is -0.380. The Morgan fingerprint density at radius 1 is 1.06 bits per heavy atom. The number of nitrogens with one attached hydrogen (secondary N) is 1. The Morgan fingerprint density at radius 3 is 2.59 bits per heavy atom. The molecule has 2 aromatic heterocycles. The molecule has 0 saturated carbocycles. The molecular formula is C28H30N2O4. The predicted octanol–water partition coefficient (Wildman–Crippen LogP) is 4.87. The van der Waals surface area contributed by atoms with Crippen molar-refractivity contribution in [1.82, 2.24) is 10.2 Å². The molecule has 1 aliphatic rings. The van der Waals surface area contributed by atoms with Crippen molar-refractivity contribution in [2.24, 2.45) is 0 Å². The van der Waals surface area contributed by atoms with Crippen molar-refractivity contribution in [3.8, 4) is 0 Å². The maximum Gasteiger partial charge on any atom is 0.339 e. The van der Waals surface area contributed by atoms with Gasteiger partial charge >= 0.3 is 5.63 Å². The van der Waals surface area contributed by atoms with Crippen LogP contribution in [0.5, 0.6) is 0 Å². The standard InChI is InChI=1S/C28H30N2O4/c1-18-17-33-25-15-26-24(14-23(18)25)19(2)22(28(32)34-26)8-9-27(31)29-21-10-12-30(13-11-21)16-20-6-4-3-5-7-20/h3-7,14-15,17,21H,8-13,16H2,1-2H3,(H,29,31). The van der Waals surface area contributed by atoms with Gasteiger partial charge in [0.05, 0.1) is 6.26 Å². The molecule has 1 aliphatic heterocycles. The van der Waals surface area contributed by atoms with E-state index in [1.807, 2.05) is 26.0 Å². The topological polar surface area (TPSA) is 75.7 Å². The summed E-state index contributed by atoms with van der Waals surface area (Å²) in [5, 5.41) is 5.06. The van der Waals surface area contributed by atoms with Crippen LogP contribution in [0.2, 0.25) is 0 Å². The van der Waals surface area contributed by atoms with E-state index in [0.717, 1.165) is 54.4 Å². The van der Waals surface area contributed by atoms with E-state index in [1.165, 1.54) is 5.56 Å². The van der Waals surface area contributed by atoms with E-state index in [1.54, 1.807) is 12.3 Å². The Kier molecular flexibility index (Phi) is 6.24. The van der Waals surface area contributed by atoms with E-state index < -0.39 is 0 Å². The Labute approximate surface area is 198 Å². The molecule has 4 aromatic rings. The lowest BCUT2D eigenvalue weighted by Gasteiger charge is -2.32. The molecule has 176 valence electrons. The zero-order chi connectivity index (χ0) is 23.7. The highest BCUT2D eigenvalue weighted by Gasteiger charge is 2.21. The van der Waals surface area contributed by atoms with Crippen molar-refractivity contribution in [1.29, 1.82) is 0 Å². The Morgan fingerprint density at radius 2 is 1.82 bits per heavy atom. The summed E-state index contributed by atoms with van der Waals surface area (Å²) in [6.45, 7) is 6.80. The minimum absolute atomic E-state index is 0.0125. The Bertz CT molecular complexity index is 1380. The molecule has 1 saturated heterocycles. The summed E-state index contributed by atoms with van der Waals surface area (Å²) in [4.78, 5) is 27.7. The third-order valence-electron chi connectivity index (χ3n) is 6.98. The second kappa shape index (κ2) is 9.47. The first-order valence-corrected chi connectivity index (χ1v) is 12.0. The number of fused-ring (bicyclic) bond motifs is 2. The molecule has 0 bridgehead atoms. The summed E-state index contributed by atoms with van der Waals surface area (Å²) in [6.07, 6.45) is 4.22. The fourth-order valence-electron chi connectivity index (χ4n) is 4.94. The van der Waals surface area contributed by atoms with E-state index in [2.05, 4.69) is 34.5 Å². The molecule has 5 rings (SSSR count). The molecule has 1 fully saturated rings. The number of piperidine rings is 1. The summed E-state index contributed by atoms with van der Waals surface area (Å²) < 4.78 is 11.1. The van der Waals surface area contributed by atoms with Crippen molar-refractivity contribution >= 4 is 27.8 Å². The van der Waals surface area contributed by atoms with Gasteiger partial charge in [0.1, 0.15) is 11.2 Å². The fourth-order valence-corrected chi connectivity index (χ4v) is 4.94. The molecule has 0 atom stereocenters. The Hall–Kier alpha value is -3.38. The van der Waals surface area contributed by atoms with Crippen LogP contribution in [0.3, 0.4) is 0 Å². The summed E-state index contributed by atoms with van der Waals surface area (Å²) in [5.41, 5.74) is 4.64. The molecule has 6 heteroatoms. The van der Waals surface area contributed by atoms with Crippen LogP contribution in [0.25, 0.3) is 21.9 Å². The highest BCUT2D eigenvalue weighted by molar-refractivity contribution is 5.96. The molecule has 0 radical (unpaired) electrons. The predicted molar refractivity (Wildman–Crippen MR) is 133 cm³/mol. The second-order valence-corrected chi connectivity index (χ2v) is 9.36. The normalized spacial score (nSPS) is 15.2. The SMILES string of the molecule is Cc1coc2cc3oc(=O)c(CCC(=O)NC4CCN(Cc5ccccc5)CC4)c(C)c3cc12. The maximum atomic E-state index is 12.7. The van der Waals surface area contributed by atoms with Gasteiger partial charge in [-0.1, -0.05) is 30.3 Å². The Balaban J connectivity index is 1.19. The molecular weight excluding hydrogens is 428 g/mol. The quantitative estimate of drug-likeness (QED) is 0.417. The number of carbonyl (C=O) groups is 1. The molecule has 2 aromatic carbocycles. The average molecular weight is 459 g/mol. The number of aryl methyl sites for hydroxylation is 2. The van der Waals surface area contributed by atoms with Gasteiger partial charge in [0, 0.05) is 54.5 Å². The lowest BCUT2D eigenvalue weighted by atomic mass is 10.00. The maximum absolute atomic E-state index is 12.7. The van der Waals surface area contributed by atoms with Crippen LogP contribution in [0.15, 0.2) is 62.4 Å². The van der Waals surface area contributed by atoms with Crippen molar-refractivity contribution in [2.45, 2.75) is 52.1 Å². The second-order valence-electron chi connectivity index (χ2n) is 9.36. The average Bonchev–Trinajstić information content (AvgIpc) is 3.19. The van der Waals surface area contributed by atoms with E-state index in [9.17, 15) is 9.59 Å². The molecule has 0 aliphatic carbocycles. The summed E-state index contributed by atoms with van der Waals surface area (Å²) >= 11 is 0. The highest BCUT2D eigenvalue weighted by atomic mass is 16.4. The zero-order valence-electron chi connectivity index (χ0n) is 19.7. The van der Waals surface area contributed by atoms with Gasteiger partial charge in [-0.15, -0.1) is 0 Å². The van der Waals surface area contributed by atoms with Crippen LogP contribution in [-0.4, -0.2) is 29.9 Å². The van der Waals surface area contributed by atoms with Crippen molar-refractivity contribution in [3.63, 3.8) is 0 Å². The number of likely N-dealkylation sites (tertiary alicyclic amines) is 1. The number of rotatable bonds is 6. The third kappa shape index (κ3) is 4.64. The third-order valence-corrected chi connectivity index (χ3v) is 6.98. The number of carbonyl (C=O) groups excluding carboxylic acids is 1. The van der Waals surface area contributed by atoms with Crippen LogP contribution in [0.1, 0.15) is 41.5 Å². The van der Waals surface area contributed by atoms with Gasteiger partial charge in [-0.2, -0.15) is 0 Å². The number of furan rings is 1. The highest BCUT2D eigenvalue weighted by Crippen LogP contribution is 2.29. The van der Waals surface area contributed by atoms with Gasteiger partial charge in [0.2, 0.25) is 5.91 Å². The zero-order valence-corrected chi connectivity index (χ0v) is 19.7. The van der Waals surface area contributed by atoms with Gasteiger partial charge in [0.15, 0.2) is 0 Å². The summed E-state index contributed by atoms with van der Waals surface area (Å²) in [6, 6.07) is 14.4. The molecule has 0 spiro atoms. The van der Waals surface area contributed by atoms with Gasteiger partial charge in [-0.25, -0.2) is 4.79 Å². The molecule has 34 heavy (non-hydrogen) atoms. The lowest BCUT2D eigenvalue weighted by molar-refractivity contribution is -0.122. The van der Waals surface area contributed by atoms with Gasteiger partial charge in [0.25, 0.3) is 0 Å². The van der Waals surface area contributed by atoms with Crippen LogP contribution in [-0.2, 0) is 17.8 Å². The largest absolute Gasteiger partial charge is 0.464 e. The first-order valence-electron chi connectivity index (χ1n) is 12.0. The van der Waals surface area contributed by atoms with Crippen molar-refractivity contribution < 1.29 is 13.6 Å². The molecule has 6 nitrogen and oxygen atoms in total. The van der Waals surface area contributed by atoms with Crippen LogP contribution in [0.4, 0.5) is 0 Å². The number of amides is 1. The summed E-state index contributed by atoms with van der Waals surface area (Å²) in [7, 11) is 0. The van der Waals surface area contributed by atoms with E-state index in [0.29, 0.717) is 23.2 Å². The van der Waals surface area contributed by atoms with E-state index in [4.69, 9.17) is 8.83 Å². The van der Waals surface area contributed by atoms with Gasteiger partial charge < -0.3 is 14.2 Å². The molecule has 1 N–H and O–H groups in total. The van der Waals surface area contributed by atoms with E-state index in [-0.39, 0.29) is 24.0 Å². The van der Waals surface area contributed by atoms with Crippen LogP contribution >= 0.6 is 0 Å². The van der Waals surface area contributed by atoms with Crippen LogP contribution < -0.4 is 10.9 Å². The number of benzene rings is 2. The van der Waals surface area contributed by atoms with Crippen molar-refractivity contribution in [2.75, 3.05) is 13.1 Å². The van der Waals surface area contributed by atoms with E-state index >= 15 is 0 Å². The molecule has 3 heterocycles. The fraction of sp³-hybridized carbons (Fsp3) is 0.357. The monoisotopic (exact) mass is 458 g/mol.